The van der Waals surface area contributed by atoms with Gasteiger partial charge in [-0.05, 0) is 12.1 Å². The number of hydrogen-bond donors (Lipinski definition) is 1. The maximum absolute atomic E-state index is 11.9. The number of aromatic nitrogens is 1. The molecule has 0 aliphatic rings. The number of nitrogens with zero attached hydrogens (tertiary/aromatic N) is 1. The highest BCUT2D eigenvalue weighted by atomic mass is 32.1. The summed E-state index contributed by atoms with van der Waals surface area (Å²) in [6.07, 6.45) is -4.41. The Balaban J connectivity index is 2.14. The van der Waals surface area contributed by atoms with Crippen molar-refractivity contribution in [2.24, 2.45) is 0 Å². The number of rotatable bonds is 2. The molecular weight excluding hydrogens is 253 g/mol. The number of fused-ring (bicyclic) bond motifs is 1. The van der Waals surface area contributed by atoms with Gasteiger partial charge in [0.1, 0.15) is 6.54 Å². The monoisotopic (exact) mass is 260 g/mol. The second kappa shape index (κ2) is 4.33. The number of hydrogen-bond acceptors (Lipinski definition) is 3. The number of benzene rings is 1. The molecule has 17 heavy (non-hydrogen) atoms. The number of halogens is 3. The van der Waals surface area contributed by atoms with Gasteiger partial charge in [0.25, 0.3) is 5.91 Å². The largest absolute Gasteiger partial charge is 0.405 e. The Morgan fingerprint density at radius 1 is 1.35 bits per heavy atom. The van der Waals surface area contributed by atoms with E-state index in [0.717, 1.165) is 16.0 Å². The third-order valence-electron chi connectivity index (χ3n) is 1.94. The summed E-state index contributed by atoms with van der Waals surface area (Å²) in [5.74, 6) is -0.802. The Morgan fingerprint density at radius 3 is 2.71 bits per heavy atom. The number of para-hydroxylation sites is 1. The first-order valence-corrected chi connectivity index (χ1v) is 5.48. The zero-order valence-electron chi connectivity index (χ0n) is 8.41. The lowest BCUT2D eigenvalue weighted by Gasteiger charge is -2.06. The Kier molecular flexibility index (Phi) is 3.01. The first-order valence-electron chi connectivity index (χ1n) is 4.66. The number of amides is 1. The van der Waals surface area contributed by atoms with Crippen molar-refractivity contribution in [2.75, 3.05) is 6.54 Å². The first-order chi connectivity index (χ1) is 7.96. The predicted octanol–water partition coefficient (Wildman–Crippen LogP) is 2.59. The second-order valence-electron chi connectivity index (χ2n) is 3.28. The van der Waals surface area contributed by atoms with E-state index in [0.29, 0.717) is 5.52 Å². The summed E-state index contributed by atoms with van der Waals surface area (Å²) >= 11 is 1.07. The molecule has 1 heterocycles. The summed E-state index contributed by atoms with van der Waals surface area (Å²) in [4.78, 5) is 15.4. The Morgan fingerprint density at radius 2 is 2.06 bits per heavy atom. The molecule has 0 fully saturated rings. The van der Waals surface area contributed by atoms with Gasteiger partial charge in [-0.1, -0.05) is 12.1 Å². The Bertz CT molecular complexity index is 517. The van der Waals surface area contributed by atoms with Crippen molar-refractivity contribution in [3.05, 3.63) is 29.3 Å². The smallest absolute Gasteiger partial charge is 0.341 e. The van der Waals surface area contributed by atoms with Crippen LogP contribution in [0.5, 0.6) is 0 Å². The molecule has 2 rings (SSSR count). The molecule has 3 nitrogen and oxygen atoms in total. The molecule has 1 aromatic heterocycles. The van der Waals surface area contributed by atoms with Gasteiger partial charge in [0.2, 0.25) is 0 Å². The van der Waals surface area contributed by atoms with Gasteiger partial charge in [-0.25, -0.2) is 4.98 Å². The van der Waals surface area contributed by atoms with Crippen LogP contribution >= 0.6 is 11.3 Å². The van der Waals surface area contributed by atoms with E-state index in [1.165, 1.54) is 0 Å². The molecule has 0 unspecified atom stereocenters. The lowest BCUT2D eigenvalue weighted by atomic mass is 10.3. The predicted molar refractivity (Wildman–Crippen MR) is 58.0 cm³/mol. The fourth-order valence-corrected chi connectivity index (χ4v) is 2.11. The summed E-state index contributed by atoms with van der Waals surface area (Å²) in [6.45, 7) is -1.35. The highest BCUT2D eigenvalue weighted by Gasteiger charge is 2.28. The van der Waals surface area contributed by atoms with Gasteiger partial charge in [-0.15, -0.1) is 11.3 Å². The molecular formula is C10H7F3N2OS. The molecule has 0 saturated carbocycles. The van der Waals surface area contributed by atoms with Gasteiger partial charge < -0.3 is 5.32 Å². The zero-order chi connectivity index (χ0) is 12.5. The maximum Gasteiger partial charge on any atom is 0.405 e. The average molecular weight is 260 g/mol. The van der Waals surface area contributed by atoms with Gasteiger partial charge in [0.05, 0.1) is 10.2 Å². The highest BCUT2D eigenvalue weighted by Crippen LogP contribution is 2.21. The van der Waals surface area contributed by atoms with E-state index in [9.17, 15) is 18.0 Å². The van der Waals surface area contributed by atoms with Gasteiger partial charge in [-0.2, -0.15) is 13.2 Å². The van der Waals surface area contributed by atoms with Crippen molar-refractivity contribution in [2.45, 2.75) is 6.18 Å². The van der Waals surface area contributed by atoms with E-state index in [2.05, 4.69) is 4.98 Å². The van der Waals surface area contributed by atoms with Crippen molar-refractivity contribution < 1.29 is 18.0 Å². The minimum absolute atomic E-state index is 0.0375. The summed E-state index contributed by atoms with van der Waals surface area (Å²) < 4.78 is 36.5. The van der Waals surface area contributed by atoms with E-state index in [1.54, 1.807) is 29.6 Å². The molecule has 90 valence electrons. The van der Waals surface area contributed by atoms with Crippen LogP contribution in [0, 0.1) is 0 Å². The van der Waals surface area contributed by atoms with Crippen LogP contribution in [0.2, 0.25) is 0 Å². The van der Waals surface area contributed by atoms with Gasteiger partial charge in [0, 0.05) is 0 Å². The molecule has 2 aromatic rings. The van der Waals surface area contributed by atoms with Gasteiger partial charge >= 0.3 is 6.18 Å². The first kappa shape index (κ1) is 11.8. The SMILES string of the molecule is O=C(NCC(F)(F)F)c1nc2ccccc2s1. The highest BCUT2D eigenvalue weighted by molar-refractivity contribution is 7.20. The summed E-state index contributed by atoms with van der Waals surface area (Å²) in [7, 11) is 0. The van der Waals surface area contributed by atoms with E-state index >= 15 is 0 Å². The molecule has 0 atom stereocenters. The molecule has 0 bridgehead atoms. The molecule has 0 radical (unpaired) electrons. The van der Waals surface area contributed by atoms with E-state index in [1.807, 2.05) is 0 Å². The van der Waals surface area contributed by atoms with Gasteiger partial charge in [0.15, 0.2) is 5.01 Å². The third kappa shape index (κ3) is 2.94. The van der Waals surface area contributed by atoms with Crippen molar-refractivity contribution >= 4 is 27.5 Å². The molecule has 1 N–H and O–H groups in total. The number of nitrogens with one attached hydrogen (secondary N) is 1. The summed E-state index contributed by atoms with van der Waals surface area (Å²) in [6, 6.07) is 6.98. The minimum Gasteiger partial charge on any atom is -0.341 e. The number of carbonyl (C=O) groups is 1. The Hall–Kier alpha value is -1.63. The maximum atomic E-state index is 11.9. The van der Waals surface area contributed by atoms with Crippen molar-refractivity contribution in [1.29, 1.82) is 0 Å². The van der Waals surface area contributed by atoms with Crippen LogP contribution < -0.4 is 5.32 Å². The normalized spacial score (nSPS) is 11.7. The van der Waals surface area contributed by atoms with Crippen LogP contribution in [-0.2, 0) is 0 Å². The third-order valence-corrected chi connectivity index (χ3v) is 2.97. The molecule has 0 saturated heterocycles. The fourth-order valence-electron chi connectivity index (χ4n) is 1.23. The molecule has 1 aromatic carbocycles. The van der Waals surface area contributed by atoms with Crippen LogP contribution in [0.25, 0.3) is 10.2 Å². The van der Waals surface area contributed by atoms with Crippen LogP contribution in [0.15, 0.2) is 24.3 Å². The number of alkyl halides is 3. The molecule has 7 heteroatoms. The van der Waals surface area contributed by atoms with Crippen LogP contribution in [0.1, 0.15) is 9.80 Å². The summed E-state index contributed by atoms with van der Waals surface area (Å²) in [5.41, 5.74) is 0.606. The van der Waals surface area contributed by atoms with Crippen molar-refractivity contribution in [1.82, 2.24) is 10.3 Å². The van der Waals surface area contributed by atoms with Crippen LogP contribution in [0.3, 0.4) is 0 Å². The van der Waals surface area contributed by atoms with Crippen molar-refractivity contribution in [3.63, 3.8) is 0 Å². The van der Waals surface area contributed by atoms with E-state index in [4.69, 9.17) is 0 Å². The number of carbonyl (C=O) groups excluding carboxylic acids is 1. The van der Waals surface area contributed by atoms with Gasteiger partial charge in [-0.3, -0.25) is 4.79 Å². The standard InChI is InChI=1S/C10H7F3N2OS/c11-10(12,13)5-14-8(16)9-15-6-3-1-2-4-7(6)17-9/h1-4H,5H2,(H,14,16). The average Bonchev–Trinajstić information content (AvgIpc) is 2.68. The zero-order valence-corrected chi connectivity index (χ0v) is 9.23. The topological polar surface area (TPSA) is 42.0 Å². The van der Waals surface area contributed by atoms with Crippen molar-refractivity contribution in [3.8, 4) is 0 Å². The minimum atomic E-state index is -4.41. The van der Waals surface area contributed by atoms with Crippen LogP contribution in [0.4, 0.5) is 13.2 Å². The number of thiazole rings is 1. The quantitative estimate of drug-likeness (QED) is 0.901. The second-order valence-corrected chi connectivity index (χ2v) is 4.32. The fraction of sp³-hybridized carbons (Fsp3) is 0.200. The van der Waals surface area contributed by atoms with E-state index < -0.39 is 18.6 Å². The summed E-state index contributed by atoms with van der Waals surface area (Å²) in [5, 5.41) is 1.82. The lowest BCUT2D eigenvalue weighted by Crippen LogP contribution is -2.33. The molecule has 0 aliphatic heterocycles. The molecule has 1 amide bonds. The lowest BCUT2D eigenvalue weighted by molar-refractivity contribution is -0.123. The van der Waals surface area contributed by atoms with Crippen LogP contribution in [-0.4, -0.2) is 23.6 Å². The molecule has 0 spiro atoms. The Labute approximate surface area is 98.3 Å². The molecule has 0 aliphatic carbocycles. The van der Waals surface area contributed by atoms with E-state index in [-0.39, 0.29) is 5.01 Å².